The SMILES string of the molecule is CC(C)c1ccnc(-c2[c-]cc3c4ccccc4c4ccccc4c3c2)c1.[2H]C(C)(C)c1cc(-c2[c-]cccc2)ncc1[Si](C)(C)C.[Ir]. The quantitative estimate of drug-likeness (QED) is 0.0983. The fraction of sp³-hybridized carbons (Fsp3) is 0.209. The monoisotopic (exact) mass is 808 g/mol. The fourth-order valence-corrected chi connectivity index (χ4v) is 7.69. The van der Waals surface area contributed by atoms with E-state index in [2.05, 4.69) is 134 Å². The van der Waals surface area contributed by atoms with Crippen LogP contribution < -0.4 is 5.19 Å². The largest absolute Gasteiger partial charge is 0.305 e. The molecule has 0 atom stereocenters. The molecule has 4 heteroatoms. The van der Waals surface area contributed by atoms with Crippen LogP contribution in [0, 0.1) is 12.1 Å². The number of aromatic nitrogens is 2. The molecule has 0 aliphatic heterocycles. The molecule has 47 heavy (non-hydrogen) atoms. The number of benzene rings is 5. The van der Waals surface area contributed by atoms with Crippen molar-refractivity contribution in [3.63, 3.8) is 0 Å². The fourth-order valence-electron chi connectivity index (χ4n) is 6.11. The van der Waals surface area contributed by atoms with Gasteiger partial charge in [0, 0.05) is 33.9 Å². The molecule has 5 aromatic carbocycles. The van der Waals surface area contributed by atoms with Gasteiger partial charge in [0.1, 0.15) is 0 Å². The van der Waals surface area contributed by atoms with E-state index in [1.807, 2.05) is 50.5 Å². The summed E-state index contributed by atoms with van der Waals surface area (Å²) in [6.07, 6.45) is 3.88. The first kappa shape index (κ1) is 33.0. The number of hydrogen-bond acceptors (Lipinski definition) is 2. The van der Waals surface area contributed by atoms with Crippen LogP contribution in [0.25, 0.3) is 54.8 Å². The van der Waals surface area contributed by atoms with Crippen LogP contribution in [0.3, 0.4) is 0 Å². The van der Waals surface area contributed by atoms with E-state index >= 15 is 0 Å². The molecule has 0 aliphatic carbocycles. The minimum atomic E-state index is -1.50. The molecule has 0 spiro atoms. The summed E-state index contributed by atoms with van der Waals surface area (Å²) in [6, 6.07) is 42.6. The van der Waals surface area contributed by atoms with Gasteiger partial charge in [-0.2, -0.15) is 0 Å². The molecule has 0 amide bonds. The van der Waals surface area contributed by atoms with Gasteiger partial charge in [-0.3, -0.25) is 0 Å². The molecule has 0 fully saturated rings. The van der Waals surface area contributed by atoms with Gasteiger partial charge in [0.15, 0.2) is 0 Å². The Labute approximate surface area is 296 Å². The van der Waals surface area contributed by atoms with Crippen LogP contribution in [-0.4, -0.2) is 18.0 Å². The maximum absolute atomic E-state index is 8.44. The van der Waals surface area contributed by atoms with E-state index in [0.29, 0.717) is 5.92 Å². The van der Waals surface area contributed by atoms with E-state index in [4.69, 9.17) is 1.37 Å². The van der Waals surface area contributed by atoms with E-state index in [-0.39, 0.29) is 20.1 Å². The van der Waals surface area contributed by atoms with Gasteiger partial charge in [-0.1, -0.05) is 135 Å². The van der Waals surface area contributed by atoms with Crippen molar-refractivity contribution in [1.29, 1.82) is 0 Å². The molecule has 0 aliphatic rings. The summed E-state index contributed by atoms with van der Waals surface area (Å²) in [5, 5.41) is 8.92. The van der Waals surface area contributed by atoms with Crippen LogP contribution in [0.2, 0.25) is 19.6 Å². The zero-order valence-corrected chi connectivity index (χ0v) is 31.7. The molecule has 7 rings (SSSR count). The third kappa shape index (κ3) is 7.31. The van der Waals surface area contributed by atoms with Gasteiger partial charge in [0.25, 0.3) is 0 Å². The van der Waals surface area contributed by atoms with Crippen molar-refractivity contribution < 1.29 is 21.5 Å². The number of pyridine rings is 2. The first-order valence-corrected chi connectivity index (χ1v) is 19.6. The van der Waals surface area contributed by atoms with Crippen LogP contribution >= 0.6 is 0 Å². The van der Waals surface area contributed by atoms with Gasteiger partial charge < -0.3 is 9.97 Å². The van der Waals surface area contributed by atoms with Crippen LogP contribution in [0.1, 0.15) is 52.0 Å². The minimum Gasteiger partial charge on any atom is -0.305 e. The van der Waals surface area contributed by atoms with Crippen molar-refractivity contribution in [2.45, 2.75) is 59.1 Å². The summed E-state index contributed by atoms with van der Waals surface area (Å²) in [7, 11) is -1.50. The van der Waals surface area contributed by atoms with Gasteiger partial charge in [-0.25, -0.2) is 0 Å². The molecule has 0 N–H and O–H groups in total. The number of rotatable bonds is 5. The van der Waals surface area contributed by atoms with Gasteiger partial charge in [0.05, 0.1) is 8.07 Å². The summed E-state index contributed by atoms with van der Waals surface area (Å²) in [5.74, 6) is -0.126. The molecule has 0 unspecified atom stereocenters. The molecule has 2 aromatic heterocycles. The maximum Gasteiger partial charge on any atom is 0.0799 e. The minimum absolute atomic E-state index is 0. The standard InChI is InChI=1S/C26H20N.C17H22NSi.Ir/c1-17(2)18-13-14-27-26(16-18)19-11-12-24-22-9-4-3-7-20(22)21-8-5-6-10-23(21)25(24)15-19;1-13(2)15-11-16(14-9-7-6-8-10-14)18-12-17(15)19(3,4)5;/h3-10,12-17H,1-2H3;6-9,11-13H,1-5H3;/q2*-1;/i;13D;. The summed E-state index contributed by atoms with van der Waals surface area (Å²) in [5.41, 5.74) is 6.32. The van der Waals surface area contributed by atoms with Crippen molar-refractivity contribution >= 4 is 45.6 Å². The predicted molar refractivity (Wildman–Crippen MR) is 201 cm³/mol. The second-order valence-electron chi connectivity index (χ2n) is 13.5. The topological polar surface area (TPSA) is 25.8 Å². The van der Waals surface area contributed by atoms with E-state index in [9.17, 15) is 0 Å². The first-order valence-electron chi connectivity index (χ1n) is 16.6. The molecular weight excluding hydrogens is 765 g/mol. The number of fused-ring (bicyclic) bond motifs is 6. The number of hydrogen-bond donors (Lipinski definition) is 0. The van der Waals surface area contributed by atoms with Crippen LogP contribution in [0.15, 0.2) is 116 Å². The molecule has 239 valence electrons. The van der Waals surface area contributed by atoms with Crippen molar-refractivity contribution in [2.24, 2.45) is 0 Å². The Kier molecular flexibility index (Phi) is 10.1. The third-order valence-electron chi connectivity index (χ3n) is 8.64. The van der Waals surface area contributed by atoms with E-state index < -0.39 is 14.0 Å². The van der Waals surface area contributed by atoms with Crippen molar-refractivity contribution in [3.05, 3.63) is 139 Å². The molecule has 2 heterocycles. The third-order valence-corrected chi connectivity index (χ3v) is 10.7. The Balaban J connectivity index is 0.000000193. The molecule has 0 saturated heterocycles. The molecule has 2 nitrogen and oxygen atoms in total. The van der Waals surface area contributed by atoms with E-state index in [1.165, 1.54) is 43.1 Å². The second kappa shape index (κ2) is 14.4. The van der Waals surface area contributed by atoms with Crippen molar-refractivity contribution in [3.8, 4) is 22.5 Å². The molecule has 1 radical (unpaired) electrons. The van der Waals surface area contributed by atoms with Gasteiger partial charge in [0.2, 0.25) is 0 Å². The summed E-state index contributed by atoms with van der Waals surface area (Å²) >= 11 is 0. The molecule has 0 bridgehead atoms. The van der Waals surface area contributed by atoms with Gasteiger partial charge >= 0.3 is 0 Å². The first-order chi connectivity index (χ1) is 22.4. The van der Waals surface area contributed by atoms with E-state index in [1.54, 1.807) is 0 Å². The zero-order valence-electron chi connectivity index (χ0n) is 29.3. The molecule has 0 saturated carbocycles. The Morgan fingerprint density at radius 3 is 1.81 bits per heavy atom. The Hall–Kier alpha value is -3.95. The molecule has 7 aromatic rings. The van der Waals surface area contributed by atoms with Crippen LogP contribution in [0.4, 0.5) is 0 Å². The Morgan fingerprint density at radius 1 is 0.638 bits per heavy atom. The van der Waals surface area contributed by atoms with Crippen molar-refractivity contribution in [1.82, 2.24) is 9.97 Å². The number of nitrogens with zero attached hydrogens (tertiary/aromatic N) is 2. The van der Waals surface area contributed by atoms with Gasteiger partial charge in [-0.05, 0) is 50.6 Å². The Bertz CT molecular complexity index is 2160. The summed E-state index contributed by atoms with van der Waals surface area (Å²) in [6.45, 7) is 15.2. The van der Waals surface area contributed by atoms with E-state index in [0.717, 1.165) is 28.1 Å². The second-order valence-corrected chi connectivity index (χ2v) is 18.6. The van der Waals surface area contributed by atoms with Crippen LogP contribution in [-0.2, 0) is 20.1 Å². The maximum atomic E-state index is 8.44. The van der Waals surface area contributed by atoms with Crippen LogP contribution in [0.5, 0.6) is 0 Å². The normalized spacial score (nSPS) is 12.0. The van der Waals surface area contributed by atoms with Gasteiger partial charge in [-0.15, -0.1) is 59.7 Å². The summed E-state index contributed by atoms with van der Waals surface area (Å²) < 4.78 is 8.44. The zero-order chi connectivity index (χ0) is 33.3. The average molecular weight is 808 g/mol. The average Bonchev–Trinajstić information content (AvgIpc) is 3.08. The smallest absolute Gasteiger partial charge is 0.0799 e. The Morgan fingerprint density at radius 2 is 1.23 bits per heavy atom. The summed E-state index contributed by atoms with van der Waals surface area (Å²) in [4.78, 5) is 9.22. The van der Waals surface area contributed by atoms with Crippen molar-refractivity contribution in [2.75, 3.05) is 0 Å². The molecular formula is C43H42IrN2Si-2. The predicted octanol–water partition coefficient (Wildman–Crippen LogP) is 11.3.